The highest BCUT2D eigenvalue weighted by Crippen LogP contribution is 2.52. The molecule has 2 aliphatic rings. The summed E-state index contributed by atoms with van der Waals surface area (Å²) in [6.07, 6.45) is 2.02. The number of hydrogen-bond donors (Lipinski definition) is 0. The van der Waals surface area contributed by atoms with Crippen molar-refractivity contribution in [3.05, 3.63) is 0 Å². The molecular formula is C10H16O2. The fraction of sp³-hybridized carbons (Fsp3) is 0.900. The van der Waals surface area contributed by atoms with Gasteiger partial charge in [-0.25, -0.2) is 0 Å². The van der Waals surface area contributed by atoms with Crippen LogP contribution in [0.2, 0.25) is 0 Å². The molecule has 1 saturated carbocycles. The van der Waals surface area contributed by atoms with Crippen molar-refractivity contribution in [2.24, 2.45) is 11.8 Å². The van der Waals surface area contributed by atoms with E-state index in [1.54, 1.807) is 0 Å². The third-order valence-electron chi connectivity index (χ3n) is 3.41. The van der Waals surface area contributed by atoms with E-state index in [2.05, 4.69) is 13.8 Å². The SMILES string of the molecule is CC1CCC2(C(C)C)OC2C1=O. The second kappa shape index (κ2) is 2.32. The van der Waals surface area contributed by atoms with Crippen LogP contribution in [0.3, 0.4) is 0 Å². The van der Waals surface area contributed by atoms with Gasteiger partial charge in [0.1, 0.15) is 11.7 Å². The van der Waals surface area contributed by atoms with Crippen LogP contribution in [0.4, 0.5) is 0 Å². The van der Waals surface area contributed by atoms with E-state index >= 15 is 0 Å². The van der Waals surface area contributed by atoms with Crippen LogP contribution in [0.5, 0.6) is 0 Å². The second-order valence-electron chi connectivity index (χ2n) is 4.45. The second-order valence-corrected chi connectivity index (χ2v) is 4.45. The molecule has 2 heteroatoms. The van der Waals surface area contributed by atoms with Gasteiger partial charge in [0.15, 0.2) is 5.78 Å². The first-order valence-corrected chi connectivity index (χ1v) is 4.79. The molecule has 1 heterocycles. The highest BCUT2D eigenvalue weighted by Gasteiger charge is 2.64. The fourth-order valence-corrected chi connectivity index (χ4v) is 2.24. The average molecular weight is 168 g/mol. The van der Waals surface area contributed by atoms with Crippen LogP contribution in [0.15, 0.2) is 0 Å². The van der Waals surface area contributed by atoms with Crippen molar-refractivity contribution in [3.63, 3.8) is 0 Å². The number of rotatable bonds is 1. The molecule has 1 aliphatic carbocycles. The third-order valence-corrected chi connectivity index (χ3v) is 3.41. The number of carbonyl (C=O) groups is 1. The minimum absolute atomic E-state index is 0.0520. The van der Waals surface area contributed by atoms with Gasteiger partial charge in [-0.3, -0.25) is 4.79 Å². The smallest absolute Gasteiger partial charge is 0.167 e. The zero-order valence-electron chi connectivity index (χ0n) is 7.96. The lowest BCUT2D eigenvalue weighted by Crippen LogP contribution is -2.35. The van der Waals surface area contributed by atoms with Crippen molar-refractivity contribution in [2.75, 3.05) is 0 Å². The highest BCUT2D eigenvalue weighted by molar-refractivity contribution is 5.89. The predicted molar refractivity (Wildman–Crippen MR) is 45.8 cm³/mol. The van der Waals surface area contributed by atoms with Gasteiger partial charge in [0.25, 0.3) is 0 Å². The highest BCUT2D eigenvalue weighted by atomic mass is 16.6. The lowest BCUT2D eigenvalue weighted by atomic mass is 9.77. The van der Waals surface area contributed by atoms with Gasteiger partial charge in [-0.1, -0.05) is 20.8 Å². The van der Waals surface area contributed by atoms with Crippen molar-refractivity contribution in [1.29, 1.82) is 0 Å². The summed E-state index contributed by atoms with van der Waals surface area (Å²) in [4.78, 5) is 11.6. The van der Waals surface area contributed by atoms with Gasteiger partial charge in [0.2, 0.25) is 0 Å². The summed E-state index contributed by atoms with van der Waals surface area (Å²) >= 11 is 0. The summed E-state index contributed by atoms with van der Waals surface area (Å²) in [6, 6.07) is 0. The number of hydrogen-bond acceptors (Lipinski definition) is 2. The van der Waals surface area contributed by atoms with Crippen LogP contribution in [0, 0.1) is 11.8 Å². The van der Waals surface area contributed by atoms with Crippen molar-refractivity contribution < 1.29 is 9.53 Å². The van der Waals surface area contributed by atoms with Gasteiger partial charge in [0, 0.05) is 5.92 Å². The fourth-order valence-electron chi connectivity index (χ4n) is 2.24. The molecule has 0 aromatic carbocycles. The molecule has 2 nitrogen and oxygen atoms in total. The molecule has 0 amide bonds. The molecule has 0 bridgehead atoms. The number of ether oxygens (including phenoxy) is 1. The Bertz CT molecular complexity index is 222. The number of ketones is 1. The Morgan fingerprint density at radius 1 is 1.58 bits per heavy atom. The van der Waals surface area contributed by atoms with E-state index < -0.39 is 0 Å². The lowest BCUT2D eigenvalue weighted by molar-refractivity contribution is -0.124. The van der Waals surface area contributed by atoms with Gasteiger partial charge in [-0.2, -0.15) is 0 Å². The average Bonchev–Trinajstić information content (AvgIpc) is 2.74. The first kappa shape index (κ1) is 8.24. The lowest BCUT2D eigenvalue weighted by Gasteiger charge is -2.23. The summed E-state index contributed by atoms with van der Waals surface area (Å²) in [5.41, 5.74) is -0.0520. The largest absolute Gasteiger partial charge is 0.357 e. The number of carbonyl (C=O) groups excluding carboxylic acids is 1. The Morgan fingerprint density at radius 2 is 2.25 bits per heavy atom. The number of Topliss-reactive ketones (excluding diaryl/α,β-unsaturated/α-hetero) is 1. The van der Waals surface area contributed by atoms with E-state index in [0.717, 1.165) is 12.8 Å². The van der Waals surface area contributed by atoms with Gasteiger partial charge < -0.3 is 4.74 Å². The molecule has 1 saturated heterocycles. The summed E-state index contributed by atoms with van der Waals surface area (Å²) in [5.74, 6) is 1.04. The summed E-state index contributed by atoms with van der Waals surface area (Å²) in [5, 5.41) is 0. The molecular weight excluding hydrogens is 152 g/mol. The normalized spacial score (nSPS) is 46.2. The Morgan fingerprint density at radius 3 is 2.83 bits per heavy atom. The summed E-state index contributed by atoms with van der Waals surface area (Å²) < 4.78 is 5.56. The minimum Gasteiger partial charge on any atom is -0.357 e. The van der Waals surface area contributed by atoms with Crippen LogP contribution >= 0.6 is 0 Å². The van der Waals surface area contributed by atoms with Crippen LogP contribution in [-0.2, 0) is 9.53 Å². The minimum atomic E-state index is -0.0544. The number of fused-ring (bicyclic) bond motifs is 1. The summed E-state index contributed by atoms with van der Waals surface area (Å²) in [6.45, 7) is 6.29. The molecule has 2 fully saturated rings. The van der Waals surface area contributed by atoms with Gasteiger partial charge in [0.05, 0.1) is 0 Å². The van der Waals surface area contributed by atoms with E-state index in [-0.39, 0.29) is 17.6 Å². The maximum absolute atomic E-state index is 11.6. The van der Waals surface area contributed by atoms with Gasteiger partial charge in [-0.15, -0.1) is 0 Å². The topological polar surface area (TPSA) is 29.6 Å². The van der Waals surface area contributed by atoms with Crippen molar-refractivity contribution in [3.8, 4) is 0 Å². The molecule has 68 valence electrons. The Hall–Kier alpha value is -0.370. The van der Waals surface area contributed by atoms with Crippen LogP contribution in [0.25, 0.3) is 0 Å². The Balaban J connectivity index is 2.15. The van der Waals surface area contributed by atoms with E-state index in [1.807, 2.05) is 6.92 Å². The zero-order valence-corrected chi connectivity index (χ0v) is 7.96. The van der Waals surface area contributed by atoms with Crippen LogP contribution in [0.1, 0.15) is 33.6 Å². The first-order valence-electron chi connectivity index (χ1n) is 4.79. The quantitative estimate of drug-likeness (QED) is 0.558. The third kappa shape index (κ3) is 0.875. The molecule has 12 heavy (non-hydrogen) atoms. The monoisotopic (exact) mass is 168 g/mol. The molecule has 0 N–H and O–H groups in total. The standard InChI is InChI=1S/C10H16O2/c1-6(2)10-5-4-7(3)8(11)9(10)12-10/h6-7,9H,4-5H2,1-3H3. The van der Waals surface area contributed by atoms with Gasteiger partial charge >= 0.3 is 0 Å². The van der Waals surface area contributed by atoms with Crippen molar-refractivity contribution in [2.45, 2.75) is 45.3 Å². The molecule has 0 aromatic rings. The number of epoxide rings is 1. The molecule has 0 aromatic heterocycles. The molecule has 1 aliphatic heterocycles. The molecule has 0 radical (unpaired) electrons. The van der Waals surface area contributed by atoms with E-state index in [1.165, 1.54) is 0 Å². The summed E-state index contributed by atoms with van der Waals surface area (Å²) in [7, 11) is 0. The maximum atomic E-state index is 11.6. The van der Waals surface area contributed by atoms with Gasteiger partial charge in [-0.05, 0) is 18.8 Å². The molecule has 2 rings (SSSR count). The van der Waals surface area contributed by atoms with E-state index in [0.29, 0.717) is 11.7 Å². The predicted octanol–water partition coefficient (Wildman–Crippen LogP) is 1.78. The van der Waals surface area contributed by atoms with Crippen molar-refractivity contribution >= 4 is 5.78 Å². The first-order chi connectivity index (χ1) is 5.58. The van der Waals surface area contributed by atoms with Crippen molar-refractivity contribution in [1.82, 2.24) is 0 Å². The van der Waals surface area contributed by atoms with Crippen LogP contribution < -0.4 is 0 Å². The van der Waals surface area contributed by atoms with Crippen LogP contribution in [-0.4, -0.2) is 17.5 Å². The molecule has 3 unspecified atom stereocenters. The maximum Gasteiger partial charge on any atom is 0.167 e. The Labute approximate surface area is 73.3 Å². The Kier molecular flexibility index (Phi) is 1.59. The molecule has 3 atom stereocenters. The van der Waals surface area contributed by atoms with E-state index in [4.69, 9.17) is 4.74 Å². The van der Waals surface area contributed by atoms with E-state index in [9.17, 15) is 4.79 Å². The zero-order chi connectivity index (χ0) is 8.93. The molecule has 0 spiro atoms.